The molecule has 0 aromatic carbocycles. The smallest absolute Gasteiger partial charge is 0.407 e. The third kappa shape index (κ3) is 4.37. The van der Waals surface area contributed by atoms with Crippen molar-refractivity contribution in [3.05, 3.63) is 35.4 Å². The van der Waals surface area contributed by atoms with Crippen molar-refractivity contribution in [3.8, 4) is 0 Å². The zero-order valence-electron chi connectivity index (χ0n) is 18.9. The number of halogens is 1. The Bertz CT molecular complexity index is 1170. The number of carbonyl (C=O) groups excluding carboxylic acids is 1. The minimum Gasteiger partial charge on any atom is -0.443 e. The largest absolute Gasteiger partial charge is 0.443 e. The fourth-order valence-electron chi connectivity index (χ4n) is 4.34. The predicted octanol–water partition coefficient (Wildman–Crippen LogP) is 3.51. The second-order valence-electron chi connectivity index (χ2n) is 9.22. The van der Waals surface area contributed by atoms with Crippen LogP contribution in [0.5, 0.6) is 0 Å². The van der Waals surface area contributed by atoms with Crippen LogP contribution in [-0.4, -0.2) is 55.8 Å². The standard InChI is InChI=1S/C22H28FN7O3/c1-12-16(11-32-3)29-30-7-6-24-20(19(12)30)25-18-10-15(27-28-18)13-8-14(23)17(9-13)33-21(31)26-22(2)4-5-22/h6-7,10,13-14,17H,4-5,8-9,11H2,1-3H3,(H,26,31)(H2,24,25,27,28)/t13-,14+,17-/m0/s1. The minimum atomic E-state index is -1.21. The van der Waals surface area contributed by atoms with Crippen LogP contribution in [0.1, 0.15) is 55.5 Å². The number of ether oxygens (including phenoxy) is 2. The lowest BCUT2D eigenvalue weighted by Crippen LogP contribution is -2.38. The number of alkyl carbamates (subject to hydrolysis) is 1. The van der Waals surface area contributed by atoms with Gasteiger partial charge in [-0.15, -0.1) is 0 Å². The van der Waals surface area contributed by atoms with E-state index in [0.29, 0.717) is 24.7 Å². The predicted molar refractivity (Wildman–Crippen MR) is 118 cm³/mol. The lowest BCUT2D eigenvalue weighted by atomic mass is 10.0. The van der Waals surface area contributed by atoms with Crippen LogP contribution in [0.15, 0.2) is 18.5 Å². The molecule has 2 aliphatic rings. The Kier molecular flexibility index (Phi) is 5.43. The summed E-state index contributed by atoms with van der Waals surface area (Å²) >= 11 is 0. The molecule has 0 aliphatic heterocycles. The van der Waals surface area contributed by atoms with Gasteiger partial charge in [0.25, 0.3) is 0 Å². The number of amides is 1. The van der Waals surface area contributed by atoms with Crippen LogP contribution in [0, 0.1) is 6.92 Å². The molecular weight excluding hydrogens is 429 g/mol. The van der Waals surface area contributed by atoms with E-state index in [4.69, 9.17) is 9.47 Å². The molecule has 3 N–H and O–H groups in total. The van der Waals surface area contributed by atoms with Gasteiger partial charge in [-0.25, -0.2) is 18.7 Å². The van der Waals surface area contributed by atoms with Crippen LogP contribution >= 0.6 is 0 Å². The maximum absolute atomic E-state index is 14.6. The molecule has 3 aromatic heterocycles. The third-order valence-electron chi connectivity index (χ3n) is 6.54. The minimum absolute atomic E-state index is 0.119. The van der Waals surface area contributed by atoms with Crippen molar-refractivity contribution >= 4 is 23.2 Å². The molecule has 0 saturated heterocycles. The SMILES string of the molecule is COCc1nn2ccnc(Nc3cc([C@H]4C[C@@H](F)[C@@H](OC(=O)NC5(C)CC5)C4)[nH]n3)c2c1C. The number of alkyl halides is 1. The van der Waals surface area contributed by atoms with E-state index < -0.39 is 18.4 Å². The summed E-state index contributed by atoms with van der Waals surface area (Å²) in [5.41, 5.74) is 3.24. The third-order valence-corrected chi connectivity index (χ3v) is 6.54. The summed E-state index contributed by atoms with van der Waals surface area (Å²) in [4.78, 5) is 16.5. The number of fused-ring (bicyclic) bond motifs is 1. The molecule has 11 heteroatoms. The number of methoxy groups -OCH3 is 1. The fourth-order valence-corrected chi connectivity index (χ4v) is 4.34. The number of hydrogen-bond donors (Lipinski definition) is 3. The van der Waals surface area contributed by atoms with Crippen molar-refractivity contribution < 1.29 is 18.7 Å². The van der Waals surface area contributed by atoms with Crippen molar-refractivity contribution in [3.63, 3.8) is 0 Å². The van der Waals surface area contributed by atoms with E-state index in [1.54, 1.807) is 24.0 Å². The first-order valence-electron chi connectivity index (χ1n) is 11.1. The van der Waals surface area contributed by atoms with Crippen molar-refractivity contribution in [2.45, 2.75) is 69.9 Å². The van der Waals surface area contributed by atoms with Crippen molar-refractivity contribution in [1.82, 2.24) is 30.1 Å². The molecule has 0 unspecified atom stereocenters. The average molecular weight is 458 g/mol. The lowest BCUT2D eigenvalue weighted by molar-refractivity contribution is 0.0583. The molecule has 10 nitrogen and oxygen atoms in total. The number of nitrogens with one attached hydrogen (secondary N) is 3. The van der Waals surface area contributed by atoms with Crippen molar-refractivity contribution in [1.29, 1.82) is 0 Å². The molecule has 1 amide bonds. The number of rotatable bonds is 7. The molecule has 2 fully saturated rings. The summed E-state index contributed by atoms with van der Waals surface area (Å²) in [6.07, 6.45) is 3.45. The first-order valence-corrected chi connectivity index (χ1v) is 11.1. The van der Waals surface area contributed by atoms with Gasteiger partial charge in [-0.05, 0) is 39.5 Å². The van der Waals surface area contributed by atoms with Crippen LogP contribution in [0.3, 0.4) is 0 Å². The number of anilines is 2. The second-order valence-corrected chi connectivity index (χ2v) is 9.22. The van der Waals surface area contributed by atoms with E-state index in [-0.39, 0.29) is 17.9 Å². The normalized spacial score (nSPS) is 23.6. The van der Waals surface area contributed by atoms with E-state index >= 15 is 0 Å². The lowest BCUT2D eigenvalue weighted by Gasteiger charge is -2.17. The number of H-pyrrole nitrogens is 1. The Morgan fingerprint density at radius 2 is 2.21 bits per heavy atom. The molecule has 2 saturated carbocycles. The summed E-state index contributed by atoms with van der Waals surface area (Å²) in [5, 5.41) is 17.9. The molecule has 5 rings (SSSR count). The van der Waals surface area contributed by atoms with Gasteiger partial charge in [0.2, 0.25) is 0 Å². The first kappa shape index (κ1) is 21.6. The molecule has 3 atom stereocenters. The quantitative estimate of drug-likeness (QED) is 0.497. The van der Waals surface area contributed by atoms with Crippen LogP contribution in [0.25, 0.3) is 5.52 Å². The van der Waals surface area contributed by atoms with Crippen LogP contribution in [0.4, 0.5) is 20.8 Å². The monoisotopic (exact) mass is 457 g/mol. The fraction of sp³-hybridized carbons (Fsp3) is 0.545. The molecule has 33 heavy (non-hydrogen) atoms. The molecule has 176 valence electrons. The van der Waals surface area contributed by atoms with Crippen LogP contribution < -0.4 is 10.6 Å². The highest BCUT2D eigenvalue weighted by Gasteiger charge is 2.42. The molecular formula is C22H28FN7O3. The zero-order chi connectivity index (χ0) is 23.2. The van der Waals surface area contributed by atoms with Gasteiger partial charge in [0.05, 0.1) is 12.3 Å². The van der Waals surface area contributed by atoms with E-state index in [1.165, 1.54) is 0 Å². The summed E-state index contributed by atoms with van der Waals surface area (Å²) in [5.74, 6) is 1.06. The van der Waals surface area contributed by atoms with Gasteiger partial charge in [-0.3, -0.25) is 5.10 Å². The maximum Gasteiger partial charge on any atom is 0.407 e. The van der Waals surface area contributed by atoms with Crippen LogP contribution in [0.2, 0.25) is 0 Å². The van der Waals surface area contributed by atoms with Crippen molar-refractivity contribution in [2.75, 3.05) is 12.4 Å². The number of aromatic amines is 1. The second kappa shape index (κ2) is 8.29. The summed E-state index contributed by atoms with van der Waals surface area (Å²) in [7, 11) is 1.63. The Morgan fingerprint density at radius 1 is 1.39 bits per heavy atom. The Hall–Kier alpha value is -3.21. The molecule has 0 spiro atoms. The molecule has 3 aromatic rings. The Morgan fingerprint density at radius 3 is 2.97 bits per heavy atom. The van der Waals surface area contributed by atoms with Gasteiger partial charge in [-0.1, -0.05) is 0 Å². The average Bonchev–Trinajstić information content (AvgIpc) is 3.08. The number of hydrogen-bond acceptors (Lipinski definition) is 7. The van der Waals surface area contributed by atoms with Crippen molar-refractivity contribution in [2.24, 2.45) is 0 Å². The van der Waals surface area contributed by atoms with Gasteiger partial charge in [0.15, 0.2) is 11.6 Å². The number of carbonyl (C=O) groups is 1. The molecule has 0 radical (unpaired) electrons. The highest BCUT2D eigenvalue weighted by atomic mass is 19.1. The van der Waals surface area contributed by atoms with E-state index in [0.717, 1.165) is 35.3 Å². The molecule has 3 heterocycles. The number of aromatic nitrogens is 5. The van der Waals surface area contributed by atoms with E-state index in [2.05, 4.69) is 30.9 Å². The van der Waals surface area contributed by atoms with Gasteiger partial charge in [-0.2, -0.15) is 10.2 Å². The van der Waals surface area contributed by atoms with Gasteiger partial charge < -0.3 is 20.1 Å². The van der Waals surface area contributed by atoms with Gasteiger partial charge in [0, 0.05) is 48.3 Å². The summed E-state index contributed by atoms with van der Waals surface area (Å²) < 4.78 is 26.9. The van der Waals surface area contributed by atoms with E-state index in [1.807, 2.05) is 19.9 Å². The van der Waals surface area contributed by atoms with Gasteiger partial charge in [0.1, 0.15) is 17.8 Å². The first-order chi connectivity index (χ1) is 15.8. The van der Waals surface area contributed by atoms with E-state index in [9.17, 15) is 9.18 Å². The molecule has 0 bridgehead atoms. The maximum atomic E-state index is 14.6. The zero-order valence-corrected chi connectivity index (χ0v) is 18.9. The summed E-state index contributed by atoms with van der Waals surface area (Å²) in [6.45, 7) is 4.34. The topological polar surface area (TPSA) is 118 Å². The highest BCUT2D eigenvalue weighted by Crippen LogP contribution is 2.39. The van der Waals surface area contributed by atoms with Crippen LogP contribution in [-0.2, 0) is 16.1 Å². The Labute approximate surface area is 190 Å². The number of aryl methyl sites for hydroxylation is 1. The summed E-state index contributed by atoms with van der Waals surface area (Å²) in [6, 6.07) is 1.85. The Balaban J connectivity index is 1.27. The van der Waals surface area contributed by atoms with Gasteiger partial charge >= 0.3 is 6.09 Å². The molecule has 2 aliphatic carbocycles. The highest BCUT2D eigenvalue weighted by molar-refractivity contribution is 5.76. The number of nitrogens with zero attached hydrogens (tertiary/aromatic N) is 4.